The molecule has 0 aromatic carbocycles. The van der Waals surface area contributed by atoms with Crippen LogP contribution in [0.5, 0.6) is 0 Å². The minimum atomic E-state index is -2.84. The Morgan fingerprint density at radius 2 is 2.21 bits per heavy atom. The zero-order valence-electron chi connectivity index (χ0n) is 6.60. The molecule has 1 rings (SSSR count). The van der Waals surface area contributed by atoms with Crippen molar-refractivity contribution in [3.8, 4) is 0 Å². The van der Waals surface area contributed by atoms with E-state index in [1.165, 1.54) is 6.07 Å². The quantitative estimate of drug-likeness (QED) is 0.850. The van der Waals surface area contributed by atoms with Gasteiger partial charge in [-0.2, -0.15) is 0 Å². The predicted molar refractivity (Wildman–Crippen MR) is 51.5 cm³/mol. The second-order valence-corrected chi connectivity index (χ2v) is 3.57. The first-order valence-electron chi connectivity index (χ1n) is 3.37. The van der Waals surface area contributed by atoms with Crippen molar-refractivity contribution in [3.05, 3.63) is 21.9 Å². The van der Waals surface area contributed by atoms with Crippen LogP contribution >= 0.6 is 27.5 Å². The van der Waals surface area contributed by atoms with Crippen molar-refractivity contribution in [2.45, 2.75) is 6.43 Å². The van der Waals surface area contributed by atoms with Crippen molar-refractivity contribution in [1.82, 2.24) is 4.98 Å². The molecule has 0 bridgehead atoms. The Balaban J connectivity index is 3.34. The molecule has 2 N–H and O–H groups in total. The number of hydrogen-bond acceptors (Lipinski definition) is 3. The number of hydrogen-bond donors (Lipinski definition) is 1. The number of nitrogen functional groups attached to an aromatic ring is 1. The minimum absolute atomic E-state index is 0.187. The maximum Gasteiger partial charge on any atom is 0.282 e. The molecule has 3 nitrogen and oxygen atoms in total. The van der Waals surface area contributed by atoms with Gasteiger partial charge in [0.05, 0.1) is 10.2 Å². The van der Waals surface area contributed by atoms with Gasteiger partial charge in [-0.1, -0.05) is 0 Å². The molecule has 0 aliphatic rings. The molecular weight excluding hydrogens is 281 g/mol. The first-order chi connectivity index (χ1) is 6.43. The third-order valence-electron chi connectivity index (χ3n) is 1.43. The highest BCUT2D eigenvalue weighted by Crippen LogP contribution is 2.28. The number of rotatable bonds is 2. The van der Waals surface area contributed by atoms with Crippen molar-refractivity contribution in [3.63, 3.8) is 0 Å². The summed E-state index contributed by atoms with van der Waals surface area (Å²) in [4.78, 5) is 14.1. The van der Waals surface area contributed by atoms with Crippen molar-refractivity contribution in [1.29, 1.82) is 0 Å². The summed E-state index contributed by atoms with van der Waals surface area (Å²) in [6.07, 6.45) is -2.84. The molecule has 0 amide bonds. The summed E-state index contributed by atoms with van der Waals surface area (Å²) in [5.41, 5.74) is 4.17. The molecule has 1 aromatic heterocycles. The Kier molecular flexibility index (Phi) is 3.38. The number of alkyl halides is 2. The summed E-state index contributed by atoms with van der Waals surface area (Å²) in [6.45, 7) is 0. The molecule has 7 heteroatoms. The summed E-state index contributed by atoms with van der Waals surface area (Å²) in [5.74, 6) is 0. The molecule has 0 aliphatic carbocycles. The molecule has 0 atom stereocenters. The SMILES string of the molecule is Nc1cc(Br)c(C(=O)Cl)nc1C(F)F. The third-order valence-corrected chi connectivity index (χ3v) is 2.21. The van der Waals surface area contributed by atoms with Gasteiger partial charge in [-0.3, -0.25) is 4.79 Å². The van der Waals surface area contributed by atoms with Crippen LogP contribution in [0.1, 0.15) is 22.6 Å². The van der Waals surface area contributed by atoms with Crippen LogP contribution in [-0.2, 0) is 0 Å². The maximum atomic E-state index is 12.3. The summed E-state index contributed by atoms with van der Waals surface area (Å²) < 4.78 is 24.8. The van der Waals surface area contributed by atoms with E-state index in [2.05, 4.69) is 20.9 Å². The van der Waals surface area contributed by atoms with E-state index in [0.29, 0.717) is 0 Å². The van der Waals surface area contributed by atoms with Gasteiger partial charge in [-0.05, 0) is 33.6 Å². The lowest BCUT2D eigenvalue weighted by atomic mass is 10.2. The highest BCUT2D eigenvalue weighted by molar-refractivity contribution is 9.10. The standard InChI is InChI=1S/C7H4BrClF2N2O/c8-2-1-3(12)5(7(10)11)13-4(2)6(9)14/h1,7H,12H2. The Hall–Kier alpha value is -0.750. The van der Waals surface area contributed by atoms with Crippen molar-refractivity contribution in [2.75, 3.05) is 5.73 Å². The molecule has 14 heavy (non-hydrogen) atoms. The molecule has 0 radical (unpaired) electrons. The van der Waals surface area contributed by atoms with E-state index in [0.717, 1.165) is 0 Å². The zero-order valence-corrected chi connectivity index (χ0v) is 8.94. The van der Waals surface area contributed by atoms with E-state index in [-0.39, 0.29) is 15.9 Å². The highest BCUT2D eigenvalue weighted by Gasteiger charge is 2.18. The molecule has 0 unspecified atom stereocenters. The van der Waals surface area contributed by atoms with E-state index < -0.39 is 17.4 Å². The van der Waals surface area contributed by atoms with Gasteiger partial charge < -0.3 is 5.73 Å². The maximum absolute atomic E-state index is 12.3. The molecule has 76 valence electrons. The second kappa shape index (κ2) is 4.18. The van der Waals surface area contributed by atoms with Crippen LogP contribution in [0.2, 0.25) is 0 Å². The predicted octanol–water partition coefficient (Wildman–Crippen LogP) is 2.74. The minimum Gasteiger partial charge on any atom is -0.397 e. The van der Waals surface area contributed by atoms with Crippen LogP contribution in [0.15, 0.2) is 10.5 Å². The van der Waals surface area contributed by atoms with E-state index in [4.69, 9.17) is 17.3 Å². The molecular formula is C7H4BrClF2N2O. The average Bonchev–Trinajstić information content (AvgIpc) is 2.02. The lowest BCUT2D eigenvalue weighted by molar-refractivity contribution is 0.107. The van der Waals surface area contributed by atoms with Crippen LogP contribution in [0.25, 0.3) is 0 Å². The van der Waals surface area contributed by atoms with Crippen LogP contribution < -0.4 is 5.73 Å². The number of carbonyl (C=O) groups excluding carboxylic acids is 1. The van der Waals surface area contributed by atoms with Gasteiger partial charge >= 0.3 is 0 Å². The Labute approximate surface area is 91.4 Å². The van der Waals surface area contributed by atoms with Crippen LogP contribution in [0, 0.1) is 0 Å². The Morgan fingerprint density at radius 1 is 1.64 bits per heavy atom. The fraction of sp³-hybridized carbons (Fsp3) is 0.143. The number of carbonyl (C=O) groups is 1. The lowest BCUT2D eigenvalue weighted by Gasteiger charge is -2.06. The van der Waals surface area contributed by atoms with Crippen molar-refractivity contribution < 1.29 is 13.6 Å². The van der Waals surface area contributed by atoms with Gasteiger partial charge in [0.1, 0.15) is 11.4 Å². The summed E-state index contributed by atoms with van der Waals surface area (Å²) in [5, 5.41) is -0.918. The average molecular weight is 285 g/mol. The molecule has 1 aromatic rings. The molecule has 0 saturated heterocycles. The number of anilines is 1. The molecule has 0 fully saturated rings. The van der Waals surface area contributed by atoms with E-state index >= 15 is 0 Å². The van der Waals surface area contributed by atoms with E-state index in [1.54, 1.807) is 0 Å². The van der Waals surface area contributed by atoms with Crippen LogP contribution in [-0.4, -0.2) is 10.2 Å². The van der Waals surface area contributed by atoms with Crippen LogP contribution in [0.4, 0.5) is 14.5 Å². The van der Waals surface area contributed by atoms with Crippen molar-refractivity contribution >= 4 is 38.5 Å². The van der Waals surface area contributed by atoms with Crippen molar-refractivity contribution in [2.24, 2.45) is 0 Å². The first-order valence-corrected chi connectivity index (χ1v) is 4.54. The number of nitrogens with two attached hydrogens (primary N) is 1. The number of halogens is 4. The zero-order chi connectivity index (χ0) is 10.9. The number of nitrogens with zero attached hydrogens (tertiary/aromatic N) is 1. The summed E-state index contributed by atoms with van der Waals surface area (Å²) in [6, 6.07) is 1.17. The number of aromatic nitrogens is 1. The van der Waals surface area contributed by atoms with Gasteiger partial charge in [-0.15, -0.1) is 0 Å². The van der Waals surface area contributed by atoms with Crippen LogP contribution in [0.3, 0.4) is 0 Å². The first kappa shape index (κ1) is 11.3. The van der Waals surface area contributed by atoms with Gasteiger partial charge in [0.15, 0.2) is 0 Å². The van der Waals surface area contributed by atoms with Gasteiger partial charge in [0.25, 0.3) is 11.7 Å². The Morgan fingerprint density at radius 3 is 2.64 bits per heavy atom. The second-order valence-electron chi connectivity index (χ2n) is 2.37. The van der Waals surface area contributed by atoms with Gasteiger partial charge in [0.2, 0.25) is 0 Å². The summed E-state index contributed by atoms with van der Waals surface area (Å²) >= 11 is 8.06. The fourth-order valence-corrected chi connectivity index (χ4v) is 1.60. The largest absolute Gasteiger partial charge is 0.397 e. The van der Waals surface area contributed by atoms with Gasteiger partial charge in [0, 0.05) is 0 Å². The molecule has 0 aliphatic heterocycles. The molecule has 0 spiro atoms. The topological polar surface area (TPSA) is 56.0 Å². The normalized spacial score (nSPS) is 10.6. The smallest absolute Gasteiger partial charge is 0.282 e. The monoisotopic (exact) mass is 284 g/mol. The third kappa shape index (κ3) is 2.19. The van der Waals surface area contributed by atoms with E-state index in [9.17, 15) is 13.6 Å². The van der Waals surface area contributed by atoms with Gasteiger partial charge in [-0.25, -0.2) is 13.8 Å². The fourth-order valence-electron chi connectivity index (χ4n) is 0.830. The van der Waals surface area contributed by atoms with E-state index in [1.807, 2.05) is 0 Å². The summed E-state index contributed by atoms with van der Waals surface area (Å²) in [7, 11) is 0. The molecule has 0 saturated carbocycles. The Bertz CT molecular complexity index is 386. The lowest BCUT2D eigenvalue weighted by Crippen LogP contribution is -2.05. The number of pyridine rings is 1. The molecule has 1 heterocycles. The highest BCUT2D eigenvalue weighted by atomic mass is 79.9.